The molecular weight excluding hydrogens is 269 g/mol. The number of rotatable bonds is 8. The molecule has 0 spiro atoms. The number of hydrogen-bond acceptors (Lipinski definition) is 4. The van der Waals surface area contributed by atoms with Gasteiger partial charge in [-0.15, -0.1) is 0 Å². The van der Waals surface area contributed by atoms with Crippen LogP contribution in [0.1, 0.15) is 44.2 Å². The zero-order chi connectivity index (χ0) is 15.1. The number of hydrogen-bond donors (Lipinski definition) is 1. The lowest BCUT2D eigenvalue weighted by Crippen LogP contribution is -2.27. The Morgan fingerprint density at radius 3 is 2.86 bits per heavy atom. The molecule has 0 aliphatic rings. The van der Waals surface area contributed by atoms with Crippen LogP contribution in [0.25, 0.3) is 0 Å². The Labute approximate surface area is 124 Å². The van der Waals surface area contributed by atoms with Crippen LogP contribution >= 0.6 is 0 Å². The highest BCUT2D eigenvalue weighted by atomic mass is 19.1. The average molecular weight is 291 g/mol. The van der Waals surface area contributed by atoms with Crippen molar-refractivity contribution in [3.05, 3.63) is 42.0 Å². The number of pyridine rings is 1. The predicted octanol–water partition coefficient (Wildman–Crippen LogP) is 2.51. The molecule has 2 rings (SSSR count). The molecule has 5 nitrogen and oxygen atoms in total. The van der Waals surface area contributed by atoms with Crippen LogP contribution in [0.15, 0.2) is 24.7 Å². The van der Waals surface area contributed by atoms with Crippen LogP contribution in [0.3, 0.4) is 0 Å². The first-order valence-electron chi connectivity index (χ1n) is 7.46. The fourth-order valence-electron chi connectivity index (χ4n) is 2.27. The second-order valence-corrected chi connectivity index (χ2v) is 4.98. The Morgan fingerprint density at radius 2 is 2.14 bits per heavy atom. The van der Waals surface area contributed by atoms with Crippen molar-refractivity contribution in [2.24, 2.45) is 0 Å². The molecule has 2 aromatic rings. The van der Waals surface area contributed by atoms with E-state index < -0.39 is 0 Å². The standard InChI is InChI=1S/C15H22FN5/c1-3-7-17-13(15-12(16)6-5-8-18-15)10-14-19-11-20-21(14)9-4-2/h5-6,8,11,13,17H,3-4,7,9-10H2,1-2H3. The van der Waals surface area contributed by atoms with Crippen LogP contribution < -0.4 is 5.32 Å². The molecular formula is C15H22FN5. The third-order valence-electron chi connectivity index (χ3n) is 3.28. The summed E-state index contributed by atoms with van der Waals surface area (Å²) < 4.78 is 15.9. The van der Waals surface area contributed by atoms with Gasteiger partial charge in [-0.1, -0.05) is 13.8 Å². The number of nitrogens with one attached hydrogen (secondary N) is 1. The number of aromatic nitrogens is 4. The van der Waals surface area contributed by atoms with Crippen molar-refractivity contribution < 1.29 is 4.39 Å². The van der Waals surface area contributed by atoms with Crippen LogP contribution in [0.4, 0.5) is 4.39 Å². The van der Waals surface area contributed by atoms with E-state index in [2.05, 4.69) is 34.2 Å². The van der Waals surface area contributed by atoms with E-state index in [1.165, 1.54) is 6.07 Å². The van der Waals surface area contributed by atoms with Gasteiger partial charge in [-0.25, -0.2) is 9.37 Å². The molecule has 1 N–H and O–H groups in total. The van der Waals surface area contributed by atoms with Crippen molar-refractivity contribution in [3.8, 4) is 0 Å². The van der Waals surface area contributed by atoms with Crippen LogP contribution in [0.2, 0.25) is 0 Å². The summed E-state index contributed by atoms with van der Waals surface area (Å²) in [5.74, 6) is 0.572. The van der Waals surface area contributed by atoms with Crippen molar-refractivity contribution in [2.45, 2.75) is 45.7 Å². The Balaban J connectivity index is 2.20. The molecule has 0 aliphatic heterocycles. The van der Waals surface area contributed by atoms with Gasteiger partial charge in [0.05, 0.1) is 11.7 Å². The minimum Gasteiger partial charge on any atom is -0.308 e. The number of halogens is 1. The van der Waals surface area contributed by atoms with E-state index in [-0.39, 0.29) is 11.9 Å². The zero-order valence-electron chi connectivity index (χ0n) is 12.6. The van der Waals surface area contributed by atoms with Gasteiger partial charge in [0.25, 0.3) is 0 Å². The zero-order valence-corrected chi connectivity index (χ0v) is 12.6. The summed E-state index contributed by atoms with van der Waals surface area (Å²) in [6.45, 7) is 5.80. The topological polar surface area (TPSA) is 55.6 Å². The summed E-state index contributed by atoms with van der Waals surface area (Å²) in [6, 6.07) is 2.86. The highest BCUT2D eigenvalue weighted by molar-refractivity contribution is 5.13. The summed E-state index contributed by atoms with van der Waals surface area (Å²) in [5.41, 5.74) is 0.442. The predicted molar refractivity (Wildman–Crippen MR) is 79.2 cm³/mol. The molecule has 1 atom stereocenters. The van der Waals surface area contributed by atoms with Crippen molar-refractivity contribution >= 4 is 0 Å². The van der Waals surface area contributed by atoms with Gasteiger partial charge in [0.1, 0.15) is 18.0 Å². The molecule has 0 bridgehead atoms. The fraction of sp³-hybridized carbons (Fsp3) is 0.533. The number of nitrogens with zero attached hydrogens (tertiary/aromatic N) is 4. The Morgan fingerprint density at radius 1 is 1.29 bits per heavy atom. The molecule has 2 aromatic heterocycles. The lowest BCUT2D eigenvalue weighted by molar-refractivity contribution is 0.458. The molecule has 114 valence electrons. The van der Waals surface area contributed by atoms with Gasteiger partial charge in [-0.2, -0.15) is 5.10 Å². The summed E-state index contributed by atoms with van der Waals surface area (Å²) >= 11 is 0. The smallest absolute Gasteiger partial charge is 0.146 e. The largest absolute Gasteiger partial charge is 0.308 e. The first kappa shape index (κ1) is 15.6. The van der Waals surface area contributed by atoms with Gasteiger partial charge in [0.15, 0.2) is 0 Å². The molecule has 0 radical (unpaired) electrons. The second-order valence-electron chi connectivity index (χ2n) is 4.98. The minimum atomic E-state index is -0.285. The fourth-order valence-corrected chi connectivity index (χ4v) is 2.27. The van der Waals surface area contributed by atoms with Crippen LogP contribution in [-0.2, 0) is 13.0 Å². The average Bonchev–Trinajstić information content (AvgIpc) is 2.92. The highest BCUT2D eigenvalue weighted by Crippen LogP contribution is 2.18. The molecule has 6 heteroatoms. The Kier molecular flexibility index (Phi) is 5.80. The minimum absolute atomic E-state index is 0.189. The third kappa shape index (κ3) is 4.07. The highest BCUT2D eigenvalue weighted by Gasteiger charge is 2.19. The quantitative estimate of drug-likeness (QED) is 0.812. The van der Waals surface area contributed by atoms with Gasteiger partial charge in [-0.3, -0.25) is 9.67 Å². The van der Waals surface area contributed by atoms with Crippen molar-refractivity contribution in [1.29, 1.82) is 0 Å². The lowest BCUT2D eigenvalue weighted by Gasteiger charge is -2.18. The molecule has 0 amide bonds. The van der Waals surface area contributed by atoms with Crippen LogP contribution in [-0.4, -0.2) is 26.3 Å². The van der Waals surface area contributed by atoms with Crippen LogP contribution in [0, 0.1) is 5.82 Å². The monoisotopic (exact) mass is 291 g/mol. The van der Waals surface area contributed by atoms with E-state index >= 15 is 0 Å². The van der Waals surface area contributed by atoms with E-state index in [0.717, 1.165) is 31.8 Å². The summed E-state index contributed by atoms with van der Waals surface area (Å²) in [6.07, 6.45) is 5.72. The van der Waals surface area contributed by atoms with Gasteiger partial charge >= 0.3 is 0 Å². The Hall–Kier alpha value is -1.82. The molecule has 0 aliphatic carbocycles. The van der Waals surface area contributed by atoms with Gasteiger partial charge in [-0.05, 0) is 31.5 Å². The third-order valence-corrected chi connectivity index (χ3v) is 3.28. The van der Waals surface area contributed by atoms with Gasteiger partial charge < -0.3 is 5.32 Å². The maximum atomic E-state index is 14.0. The molecule has 0 saturated carbocycles. The van der Waals surface area contributed by atoms with E-state index in [1.807, 2.05) is 4.68 Å². The molecule has 21 heavy (non-hydrogen) atoms. The normalized spacial score (nSPS) is 12.5. The summed E-state index contributed by atoms with van der Waals surface area (Å²) in [7, 11) is 0. The van der Waals surface area contributed by atoms with Crippen molar-refractivity contribution in [3.63, 3.8) is 0 Å². The van der Waals surface area contributed by atoms with E-state index in [4.69, 9.17) is 0 Å². The maximum absolute atomic E-state index is 14.0. The van der Waals surface area contributed by atoms with Crippen molar-refractivity contribution in [1.82, 2.24) is 25.1 Å². The molecule has 0 aromatic carbocycles. The Bertz CT molecular complexity index is 555. The molecule has 1 unspecified atom stereocenters. The van der Waals surface area contributed by atoms with Gasteiger partial charge in [0, 0.05) is 19.2 Å². The SMILES string of the molecule is CCCNC(Cc1ncnn1CCC)c1ncccc1F. The second kappa shape index (κ2) is 7.83. The molecule has 0 saturated heterocycles. The van der Waals surface area contributed by atoms with E-state index in [0.29, 0.717) is 12.1 Å². The molecule has 2 heterocycles. The van der Waals surface area contributed by atoms with Crippen LogP contribution in [0.5, 0.6) is 0 Å². The summed E-state index contributed by atoms with van der Waals surface area (Å²) in [5, 5.41) is 7.57. The summed E-state index contributed by atoms with van der Waals surface area (Å²) in [4.78, 5) is 8.49. The molecule has 0 fully saturated rings. The van der Waals surface area contributed by atoms with Crippen molar-refractivity contribution in [2.75, 3.05) is 6.54 Å². The number of aryl methyl sites for hydroxylation is 1. The maximum Gasteiger partial charge on any atom is 0.146 e. The van der Waals surface area contributed by atoms with E-state index in [1.54, 1.807) is 18.6 Å². The first-order valence-corrected chi connectivity index (χ1v) is 7.46. The first-order chi connectivity index (χ1) is 10.3. The van der Waals surface area contributed by atoms with Gasteiger partial charge in [0.2, 0.25) is 0 Å². The van der Waals surface area contributed by atoms with E-state index in [9.17, 15) is 4.39 Å². The lowest BCUT2D eigenvalue weighted by atomic mass is 10.1.